The minimum Gasteiger partial charge on any atom is -0.388 e. The van der Waals surface area contributed by atoms with Gasteiger partial charge in [0.05, 0.1) is 0 Å². The maximum Gasteiger partial charge on any atom is 0.123 e. The highest BCUT2D eigenvalue weighted by atomic mass is 32.1. The van der Waals surface area contributed by atoms with Crippen LogP contribution >= 0.6 is 12.2 Å². The zero-order valence-corrected chi connectivity index (χ0v) is 11.0. The first-order chi connectivity index (χ1) is 8.68. The van der Waals surface area contributed by atoms with E-state index in [4.69, 9.17) is 18.0 Å². The number of benzene rings is 1. The number of hydrogen-bond donors (Lipinski definition) is 1. The van der Waals surface area contributed by atoms with Gasteiger partial charge in [-0.1, -0.05) is 36.5 Å². The van der Waals surface area contributed by atoms with Gasteiger partial charge < -0.3 is 10.6 Å². The fourth-order valence-corrected chi connectivity index (χ4v) is 2.00. The van der Waals surface area contributed by atoms with Gasteiger partial charge in [0.25, 0.3) is 0 Å². The fraction of sp³-hybridized carbons (Fsp3) is 0.143. The second kappa shape index (κ2) is 5.60. The van der Waals surface area contributed by atoms with Crippen LogP contribution in [0.3, 0.4) is 0 Å². The highest BCUT2D eigenvalue weighted by molar-refractivity contribution is 7.80. The molecule has 0 saturated carbocycles. The van der Waals surface area contributed by atoms with E-state index < -0.39 is 0 Å². The molecule has 0 bridgehead atoms. The third-order valence-electron chi connectivity index (χ3n) is 2.73. The van der Waals surface area contributed by atoms with Crippen LogP contribution < -0.4 is 10.6 Å². The van der Waals surface area contributed by atoms with Gasteiger partial charge in [-0.3, -0.25) is 4.98 Å². The van der Waals surface area contributed by atoms with Gasteiger partial charge in [-0.25, -0.2) is 0 Å². The molecule has 1 aromatic heterocycles. The number of para-hydroxylation sites is 1. The zero-order valence-electron chi connectivity index (χ0n) is 10.2. The maximum atomic E-state index is 5.68. The monoisotopic (exact) mass is 257 g/mol. The van der Waals surface area contributed by atoms with Crippen LogP contribution in [0.1, 0.15) is 11.3 Å². The molecule has 2 rings (SSSR count). The highest BCUT2D eigenvalue weighted by Gasteiger charge is 2.08. The lowest BCUT2D eigenvalue weighted by atomic mass is 10.1. The Labute approximate surface area is 112 Å². The Bertz CT molecular complexity index is 540. The first-order valence-corrected chi connectivity index (χ1v) is 6.09. The van der Waals surface area contributed by atoms with Gasteiger partial charge in [-0.05, 0) is 18.2 Å². The molecule has 0 unspecified atom stereocenters. The van der Waals surface area contributed by atoms with Crippen LogP contribution in [0.4, 0.5) is 5.69 Å². The lowest BCUT2D eigenvalue weighted by Crippen LogP contribution is -2.21. The van der Waals surface area contributed by atoms with E-state index in [9.17, 15) is 0 Å². The number of hydrogen-bond acceptors (Lipinski definition) is 3. The number of rotatable bonds is 4. The summed E-state index contributed by atoms with van der Waals surface area (Å²) in [7, 11) is 2.03. The first-order valence-electron chi connectivity index (χ1n) is 5.68. The molecule has 4 heteroatoms. The topological polar surface area (TPSA) is 42.2 Å². The molecular formula is C14H15N3S. The Morgan fingerprint density at radius 2 is 1.94 bits per heavy atom. The second-order valence-electron chi connectivity index (χ2n) is 4.07. The molecule has 0 atom stereocenters. The SMILES string of the molecule is CN(Cc1cccnc1C(N)=S)c1ccccc1. The zero-order chi connectivity index (χ0) is 13.0. The summed E-state index contributed by atoms with van der Waals surface area (Å²) >= 11 is 5.02. The van der Waals surface area contributed by atoms with Crippen LogP contribution in [-0.2, 0) is 6.54 Å². The average molecular weight is 257 g/mol. The standard InChI is InChI=1S/C14H15N3S/c1-17(12-7-3-2-4-8-12)10-11-6-5-9-16-13(11)14(15)18/h2-9H,10H2,1H3,(H2,15,18). The van der Waals surface area contributed by atoms with Crippen LogP contribution in [-0.4, -0.2) is 17.0 Å². The van der Waals surface area contributed by atoms with E-state index in [-0.39, 0.29) is 0 Å². The Balaban J connectivity index is 2.22. The number of aromatic nitrogens is 1. The van der Waals surface area contributed by atoms with Crippen molar-refractivity contribution in [3.05, 3.63) is 59.9 Å². The van der Waals surface area contributed by atoms with Crippen LogP contribution in [0.5, 0.6) is 0 Å². The van der Waals surface area contributed by atoms with E-state index >= 15 is 0 Å². The van der Waals surface area contributed by atoms with E-state index in [1.807, 2.05) is 37.4 Å². The predicted octanol–water partition coefficient (Wildman–Crippen LogP) is 2.35. The summed E-state index contributed by atoms with van der Waals surface area (Å²) in [5.41, 5.74) is 8.57. The fourth-order valence-electron chi connectivity index (χ4n) is 1.82. The van der Waals surface area contributed by atoms with Gasteiger partial charge in [0.1, 0.15) is 10.7 Å². The van der Waals surface area contributed by atoms with Crippen molar-refractivity contribution in [1.29, 1.82) is 0 Å². The lowest BCUT2D eigenvalue weighted by Gasteiger charge is -2.20. The molecule has 1 aromatic carbocycles. The molecule has 2 N–H and O–H groups in total. The molecule has 0 aliphatic carbocycles. The number of thiocarbonyl (C=S) groups is 1. The molecule has 2 aromatic rings. The average Bonchev–Trinajstić information content (AvgIpc) is 2.40. The summed E-state index contributed by atoms with van der Waals surface area (Å²) in [4.78, 5) is 6.71. The highest BCUT2D eigenvalue weighted by Crippen LogP contribution is 2.16. The molecule has 92 valence electrons. The van der Waals surface area contributed by atoms with E-state index in [0.29, 0.717) is 10.7 Å². The molecule has 0 fully saturated rings. The maximum absolute atomic E-state index is 5.68. The molecule has 1 heterocycles. The summed E-state index contributed by atoms with van der Waals surface area (Å²) in [6.45, 7) is 0.727. The van der Waals surface area contributed by atoms with Crippen molar-refractivity contribution < 1.29 is 0 Å². The Kier molecular flexibility index (Phi) is 3.89. The van der Waals surface area contributed by atoms with Crippen LogP contribution in [0.25, 0.3) is 0 Å². The summed E-state index contributed by atoms with van der Waals surface area (Å²) < 4.78 is 0. The summed E-state index contributed by atoms with van der Waals surface area (Å²) in [5.74, 6) is 0. The van der Waals surface area contributed by atoms with E-state index in [1.54, 1.807) is 6.20 Å². The van der Waals surface area contributed by atoms with Crippen molar-refractivity contribution >= 4 is 22.9 Å². The Morgan fingerprint density at radius 1 is 1.22 bits per heavy atom. The number of anilines is 1. The molecule has 0 spiro atoms. The van der Waals surface area contributed by atoms with Crippen molar-refractivity contribution in [3.8, 4) is 0 Å². The van der Waals surface area contributed by atoms with Crippen LogP contribution in [0.15, 0.2) is 48.7 Å². The van der Waals surface area contributed by atoms with Crippen LogP contribution in [0, 0.1) is 0 Å². The molecular weight excluding hydrogens is 242 g/mol. The van der Waals surface area contributed by atoms with Gasteiger partial charge in [-0.2, -0.15) is 0 Å². The van der Waals surface area contributed by atoms with Gasteiger partial charge in [0.15, 0.2) is 0 Å². The van der Waals surface area contributed by atoms with E-state index in [1.165, 1.54) is 0 Å². The summed E-state index contributed by atoms with van der Waals surface area (Å²) in [6, 6.07) is 14.1. The minimum atomic E-state index is 0.340. The van der Waals surface area contributed by atoms with Gasteiger partial charge in [0.2, 0.25) is 0 Å². The quantitative estimate of drug-likeness (QED) is 0.854. The van der Waals surface area contributed by atoms with Crippen molar-refractivity contribution in [1.82, 2.24) is 4.98 Å². The molecule has 0 radical (unpaired) electrons. The molecule has 0 aliphatic rings. The predicted molar refractivity (Wildman–Crippen MR) is 78.7 cm³/mol. The first kappa shape index (κ1) is 12.5. The third-order valence-corrected chi connectivity index (χ3v) is 2.92. The molecule has 0 saturated heterocycles. The van der Waals surface area contributed by atoms with Crippen molar-refractivity contribution in [2.45, 2.75) is 6.54 Å². The van der Waals surface area contributed by atoms with Crippen LogP contribution in [0.2, 0.25) is 0 Å². The van der Waals surface area contributed by atoms with Crippen molar-refractivity contribution in [2.75, 3.05) is 11.9 Å². The largest absolute Gasteiger partial charge is 0.388 e. The normalized spacial score (nSPS) is 10.1. The third kappa shape index (κ3) is 2.84. The Hall–Kier alpha value is -1.94. The molecule has 0 aliphatic heterocycles. The number of pyridine rings is 1. The van der Waals surface area contributed by atoms with Gasteiger partial charge in [0, 0.05) is 31.0 Å². The van der Waals surface area contributed by atoms with E-state index in [2.05, 4.69) is 22.0 Å². The molecule has 18 heavy (non-hydrogen) atoms. The van der Waals surface area contributed by atoms with Gasteiger partial charge >= 0.3 is 0 Å². The number of nitrogens with zero attached hydrogens (tertiary/aromatic N) is 2. The molecule has 0 amide bonds. The van der Waals surface area contributed by atoms with E-state index in [0.717, 1.165) is 17.8 Å². The smallest absolute Gasteiger partial charge is 0.123 e. The summed E-state index contributed by atoms with van der Waals surface area (Å²) in [5, 5.41) is 0. The van der Waals surface area contributed by atoms with Crippen molar-refractivity contribution in [2.24, 2.45) is 5.73 Å². The van der Waals surface area contributed by atoms with Crippen molar-refractivity contribution in [3.63, 3.8) is 0 Å². The lowest BCUT2D eigenvalue weighted by molar-refractivity contribution is 0.912. The van der Waals surface area contributed by atoms with Gasteiger partial charge in [-0.15, -0.1) is 0 Å². The molecule has 3 nitrogen and oxygen atoms in total. The summed E-state index contributed by atoms with van der Waals surface area (Å²) in [6.07, 6.45) is 1.71. The Morgan fingerprint density at radius 3 is 2.61 bits per heavy atom. The minimum absolute atomic E-state index is 0.340. The second-order valence-corrected chi connectivity index (χ2v) is 4.51. The number of nitrogens with two attached hydrogens (primary N) is 1.